The van der Waals surface area contributed by atoms with E-state index in [1.165, 1.54) is 4.90 Å². The standard InChI is InChI=1S/C22H18N6O4/c1-28-17-10-14-15(24-8-7-23-14)11-18(17)31-12-16(22(28)30)25-20(29)21-27-26-19(32-21)9-13-5-3-2-4-6-13/h2-8,10-11,16H,9,12H2,1H3,(H,25,29). The number of nitrogens with one attached hydrogen (secondary N) is 1. The van der Waals surface area contributed by atoms with Gasteiger partial charge in [-0.1, -0.05) is 30.3 Å². The van der Waals surface area contributed by atoms with Crippen LogP contribution < -0.4 is 15.0 Å². The maximum absolute atomic E-state index is 13.0. The van der Waals surface area contributed by atoms with Crippen LogP contribution in [0.3, 0.4) is 0 Å². The average molecular weight is 430 g/mol. The van der Waals surface area contributed by atoms with Crippen LogP contribution in [0.1, 0.15) is 22.1 Å². The van der Waals surface area contributed by atoms with Crippen molar-refractivity contribution in [2.45, 2.75) is 12.5 Å². The Morgan fingerprint density at radius 1 is 1.12 bits per heavy atom. The first-order valence-corrected chi connectivity index (χ1v) is 9.91. The van der Waals surface area contributed by atoms with Crippen LogP contribution in [0.15, 0.2) is 59.3 Å². The third kappa shape index (κ3) is 3.73. The van der Waals surface area contributed by atoms with Gasteiger partial charge in [-0.25, -0.2) is 0 Å². The van der Waals surface area contributed by atoms with E-state index in [1.54, 1.807) is 31.6 Å². The maximum atomic E-state index is 13.0. The predicted molar refractivity (Wildman–Crippen MR) is 113 cm³/mol. The van der Waals surface area contributed by atoms with Gasteiger partial charge < -0.3 is 19.4 Å². The van der Waals surface area contributed by atoms with Crippen LogP contribution in [0.4, 0.5) is 5.69 Å². The van der Waals surface area contributed by atoms with Crippen LogP contribution >= 0.6 is 0 Å². The lowest BCUT2D eigenvalue weighted by Crippen LogP contribution is -2.49. The van der Waals surface area contributed by atoms with E-state index in [1.807, 2.05) is 30.3 Å². The van der Waals surface area contributed by atoms with E-state index in [2.05, 4.69) is 25.5 Å². The second kappa shape index (κ2) is 8.06. The van der Waals surface area contributed by atoms with E-state index in [0.717, 1.165) is 5.56 Å². The molecule has 10 nitrogen and oxygen atoms in total. The largest absolute Gasteiger partial charge is 0.489 e. The van der Waals surface area contributed by atoms with Crippen molar-refractivity contribution in [2.75, 3.05) is 18.6 Å². The Labute approximate surface area is 182 Å². The molecule has 0 saturated carbocycles. The van der Waals surface area contributed by atoms with Gasteiger partial charge in [0.25, 0.3) is 5.91 Å². The minimum atomic E-state index is -0.937. The first-order valence-electron chi connectivity index (χ1n) is 9.91. The molecule has 0 fully saturated rings. The van der Waals surface area contributed by atoms with E-state index < -0.39 is 11.9 Å². The molecule has 1 unspecified atom stereocenters. The normalized spacial score (nSPS) is 15.7. The molecule has 32 heavy (non-hydrogen) atoms. The van der Waals surface area contributed by atoms with Crippen LogP contribution in [0.5, 0.6) is 5.75 Å². The highest BCUT2D eigenvalue weighted by Crippen LogP contribution is 2.33. The lowest BCUT2D eigenvalue weighted by atomic mass is 10.2. The molecule has 3 heterocycles. The topological polar surface area (TPSA) is 123 Å². The lowest BCUT2D eigenvalue weighted by molar-refractivity contribution is -0.120. The van der Waals surface area contributed by atoms with Crippen molar-refractivity contribution >= 4 is 28.5 Å². The van der Waals surface area contributed by atoms with Gasteiger partial charge in [-0.15, -0.1) is 10.2 Å². The fraction of sp³-hybridized carbons (Fsp3) is 0.182. The van der Waals surface area contributed by atoms with E-state index in [-0.39, 0.29) is 18.4 Å². The summed E-state index contributed by atoms with van der Waals surface area (Å²) in [6, 6.07) is 12.1. The summed E-state index contributed by atoms with van der Waals surface area (Å²) in [4.78, 5) is 35.6. The summed E-state index contributed by atoms with van der Waals surface area (Å²) in [6.45, 7) is -0.0569. The van der Waals surface area contributed by atoms with E-state index in [0.29, 0.717) is 34.8 Å². The third-order valence-corrected chi connectivity index (χ3v) is 5.11. The van der Waals surface area contributed by atoms with Crippen molar-refractivity contribution in [3.05, 3.63) is 72.2 Å². The molecule has 1 atom stereocenters. The molecule has 2 aromatic carbocycles. The summed E-state index contributed by atoms with van der Waals surface area (Å²) < 4.78 is 11.3. The highest BCUT2D eigenvalue weighted by atomic mass is 16.5. The van der Waals surface area contributed by atoms with Crippen LogP contribution in [0.2, 0.25) is 0 Å². The van der Waals surface area contributed by atoms with Crippen LogP contribution in [0.25, 0.3) is 11.0 Å². The fourth-order valence-corrected chi connectivity index (χ4v) is 3.47. The molecule has 10 heteroatoms. The van der Waals surface area contributed by atoms with E-state index in [4.69, 9.17) is 9.15 Å². The summed E-state index contributed by atoms with van der Waals surface area (Å²) in [5.74, 6) is -0.419. The zero-order valence-electron chi connectivity index (χ0n) is 17.1. The Balaban J connectivity index is 1.32. The lowest BCUT2D eigenvalue weighted by Gasteiger charge is -2.20. The number of benzene rings is 2. The maximum Gasteiger partial charge on any atom is 0.309 e. The van der Waals surface area contributed by atoms with Gasteiger partial charge in [-0.3, -0.25) is 19.6 Å². The molecule has 160 valence electrons. The van der Waals surface area contributed by atoms with E-state index >= 15 is 0 Å². The van der Waals surface area contributed by atoms with Crippen molar-refractivity contribution in [3.8, 4) is 5.75 Å². The molecule has 0 radical (unpaired) electrons. The number of rotatable bonds is 4. The van der Waals surface area contributed by atoms with Crippen molar-refractivity contribution in [1.82, 2.24) is 25.5 Å². The first kappa shape index (κ1) is 19.6. The molecule has 0 bridgehead atoms. The molecule has 5 rings (SSSR count). The Morgan fingerprint density at radius 2 is 1.88 bits per heavy atom. The summed E-state index contributed by atoms with van der Waals surface area (Å²) in [5, 5.41) is 10.4. The SMILES string of the molecule is CN1C(=O)C(NC(=O)c2nnc(Cc3ccccc3)o2)COc2cc3nccnc3cc21. The van der Waals surface area contributed by atoms with Gasteiger partial charge in [0.15, 0.2) is 0 Å². The highest BCUT2D eigenvalue weighted by molar-refractivity contribution is 6.03. The Bertz CT molecular complexity index is 1310. The number of nitrogens with zero attached hydrogens (tertiary/aromatic N) is 5. The number of amides is 2. The summed E-state index contributed by atoms with van der Waals surface area (Å²) in [6.07, 6.45) is 3.56. The van der Waals surface area contributed by atoms with Crippen molar-refractivity contribution < 1.29 is 18.7 Å². The fourth-order valence-electron chi connectivity index (χ4n) is 3.47. The molecule has 2 amide bonds. The zero-order valence-corrected chi connectivity index (χ0v) is 17.1. The molecule has 0 spiro atoms. The minimum Gasteiger partial charge on any atom is -0.489 e. The van der Waals surface area contributed by atoms with Gasteiger partial charge in [0.05, 0.1) is 23.1 Å². The Morgan fingerprint density at radius 3 is 2.66 bits per heavy atom. The van der Waals surface area contributed by atoms with Crippen LogP contribution in [0, 0.1) is 0 Å². The molecular weight excluding hydrogens is 412 g/mol. The summed E-state index contributed by atoms with van der Waals surface area (Å²) >= 11 is 0. The quantitative estimate of drug-likeness (QED) is 0.519. The average Bonchev–Trinajstić information content (AvgIpc) is 3.25. The Kier molecular flexibility index (Phi) is 4.94. The highest BCUT2D eigenvalue weighted by Gasteiger charge is 2.32. The molecule has 2 aromatic heterocycles. The van der Waals surface area contributed by atoms with Crippen molar-refractivity contribution in [2.24, 2.45) is 0 Å². The van der Waals surface area contributed by atoms with Crippen LogP contribution in [-0.2, 0) is 11.2 Å². The van der Waals surface area contributed by atoms with Crippen molar-refractivity contribution in [3.63, 3.8) is 0 Å². The Hall–Kier alpha value is -4.34. The molecule has 0 saturated heterocycles. The van der Waals surface area contributed by atoms with Crippen LogP contribution in [-0.4, -0.2) is 51.7 Å². The minimum absolute atomic E-state index is 0.0569. The number of hydrogen-bond donors (Lipinski definition) is 1. The van der Waals surface area contributed by atoms with Gasteiger partial charge in [0.1, 0.15) is 18.4 Å². The third-order valence-electron chi connectivity index (χ3n) is 5.11. The molecule has 1 N–H and O–H groups in total. The zero-order chi connectivity index (χ0) is 22.1. The van der Waals surface area contributed by atoms with E-state index in [9.17, 15) is 9.59 Å². The molecule has 1 aliphatic heterocycles. The monoisotopic (exact) mass is 430 g/mol. The molecular formula is C22H18N6O4. The molecule has 4 aromatic rings. The molecule has 1 aliphatic rings. The van der Waals surface area contributed by atoms with Gasteiger partial charge in [0.2, 0.25) is 5.89 Å². The number of likely N-dealkylation sites (N-methyl/N-ethyl adjacent to an activating group) is 1. The molecule has 0 aliphatic carbocycles. The number of anilines is 1. The number of fused-ring (bicyclic) bond motifs is 2. The number of hydrogen-bond acceptors (Lipinski definition) is 8. The first-order chi connectivity index (χ1) is 15.6. The van der Waals surface area contributed by atoms with Gasteiger partial charge in [0, 0.05) is 25.5 Å². The number of ether oxygens (including phenoxy) is 1. The number of aromatic nitrogens is 4. The summed E-state index contributed by atoms with van der Waals surface area (Å²) in [5.41, 5.74) is 2.80. The second-order valence-electron chi connectivity index (χ2n) is 7.26. The van der Waals surface area contributed by atoms with Gasteiger partial charge in [-0.05, 0) is 11.6 Å². The predicted octanol–water partition coefficient (Wildman–Crippen LogP) is 1.76. The number of carbonyl (C=O) groups is 2. The number of carbonyl (C=O) groups excluding carboxylic acids is 2. The van der Waals surface area contributed by atoms with Crippen molar-refractivity contribution in [1.29, 1.82) is 0 Å². The smallest absolute Gasteiger partial charge is 0.309 e. The van der Waals surface area contributed by atoms with Gasteiger partial charge >= 0.3 is 11.8 Å². The second-order valence-corrected chi connectivity index (χ2v) is 7.26. The summed E-state index contributed by atoms with van der Waals surface area (Å²) in [7, 11) is 1.61. The van der Waals surface area contributed by atoms with Gasteiger partial charge in [-0.2, -0.15) is 0 Å².